The summed E-state index contributed by atoms with van der Waals surface area (Å²) in [6.07, 6.45) is 0.902. The number of hydrogen-bond acceptors (Lipinski definition) is 4. The van der Waals surface area contributed by atoms with E-state index in [1.165, 1.54) is 0 Å². The van der Waals surface area contributed by atoms with Gasteiger partial charge in [0.2, 0.25) is 5.91 Å². The number of methoxy groups -OCH3 is 1. The van der Waals surface area contributed by atoms with Crippen LogP contribution in [0.5, 0.6) is 11.5 Å². The number of anilines is 1. The Morgan fingerprint density at radius 3 is 2.72 bits per heavy atom. The predicted octanol–water partition coefficient (Wildman–Crippen LogP) is 5.17. The van der Waals surface area contributed by atoms with Gasteiger partial charge in [0.25, 0.3) is 0 Å². The number of benzene rings is 3. The monoisotopic (exact) mass is 456 g/mol. The molecule has 0 aliphatic rings. The van der Waals surface area contributed by atoms with Gasteiger partial charge >= 0.3 is 0 Å². The van der Waals surface area contributed by atoms with Crippen LogP contribution in [0.25, 0.3) is 10.8 Å². The Labute approximate surface area is 179 Å². The summed E-state index contributed by atoms with van der Waals surface area (Å²) in [5, 5.41) is 15.4. The highest BCUT2D eigenvalue weighted by atomic mass is 79.9. The molecule has 0 aliphatic carbocycles. The van der Waals surface area contributed by atoms with Crippen LogP contribution in [-0.2, 0) is 11.3 Å². The summed E-state index contributed by atoms with van der Waals surface area (Å²) in [4.78, 5) is 14.7. The number of nitrogens with zero attached hydrogens (tertiary/aromatic N) is 1. The number of amides is 1. The van der Waals surface area contributed by atoms with Crippen LogP contribution in [0.1, 0.15) is 18.9 Å². The Morgan fingerprint density at radius 1 is 1.17 bits per heavy atom. The molecule has 0 heterocycles. The molecule has 3 rings (SSSR count). The molecule has 0 fully saturated rings. The molecule has 6 heteroatoms. The summed E-state index contributed by atoms with van der Waals surface area (Å²) in [5.74, 6) is 0.747. The number of phenols is 1. The highest BCUT2D eigenvalue weighted by Gasteiger charge is 2.16. The fraction of sp³-hybridized carbons (Fsp3) is 0.261. The fourth-order valence-electron chi connectivity index (χ4n) is 3.41. The van der Waals surface area contributed by atoms with Crippen LogP contribution in [0.2, 0.25) is 0 Å². The van der Waals surface area contributed by atoms with E-state index in [1.807, 2.05) is 53.4 Å². The van der Waals surface area contributed by atoms with E-state index >= 15 is 0 Å². The third-order valence-electron chi connectivity index (χ3n) is 4.74. The zero-order valence-corrected chi connectivity index (χ0v) is 18.2. The molecule has 152 valence electrons. The zero-order valence-electron chi connectivity index (χ0n) is 16.6. The number of aromatic hydroxyl groups is 1. The first-order valence-electron chi connectivity index (χ1n) is 9.57. The summed E-state index contributed by atoms with van der Waals surface area (Å²) < 4.78 is 6.29. The van der Waals surface area contributed by atoms with Crippen LogP contribution < -0.4 is 10.1 Å². The molecular formula is C23H25BrN2O3. The van der Waals surface area contributed by atoms with Gasteiger partial charge in [-0.2, -0.15) is 0 Å². The van der Waals surface area contributed by atoms with Gasteiger partial charge < -0.3 is 15.2 Å². The Bertz CT molecular complexity index is 1010. The molecular weight excluding hydrogens is 432 g/mol. The average Bonchev–Trinajstić information content (AvgIpc) is 2.70. The number of ether oxygens (including phenoxy) is 1. The Morgan fingerprint density at radius 2 is 1.97 bits per heavy atom. The largest absolute Gasteiger partial charge is 0.508 e. The average molecular weight is 457 g/mol. The maximum atomic E-state index is 12.7. The van der Waals surface area contributed by atoms with Gasteiger partial charge in [0.1, 0.15) is 11.5 Å². The van der Waals surface area contributed by atoms with Crippen molar-refractivity contribution in [1.82, 2.24) is 4.90 Å². The van der Waals surface area contributed by atoms with E-state index < -0.39 is 0 Å². The van der Waals surface area contributed by atoms with Crippen LogP contribution in [0.3, 0.4) is 0 Å². The summed E-state index contributed by atoms with van der Waals surface area (Å²) in [5.41, 5.74) is 1.47. The molecule has 1 amide bonds. The van der Waals surface area contributed by atoms with Crippen LogP contribution >= 0.6 is 15.9 Å². The van der Waals surface area contributed by atoms with Crippen LogP contribution in [-0.4, -0.2) is 36.1 Å². The first-order chi connectivity index (χ1) is 14.0. The van der Waals surface area contributed by atoms with Crippen molar-refractivity contribution in [2.45, 2.75) is 19.9 Å². The lowest BCUT2D eigenvalue weighted by molar-refractivity contribution is -0.117. The molecule has 2 N–H and O–H groups in total. The number of halogens is 1. The lowest BCUT2D eigenvalue weighted by Crippen LogP contribution is -2.33. The van der Waals surface area contributed by atoms with Gasteiger partial charge in [-0.25, -0.2) is 0 Å². The quantitative estimate of drug-likeness (QED) is 0.490. The van der Waals surface area contributed by atoms with Gasteiger partial charge in [0.05, 0.1) is 19.3 Å². The van der Waals surface area contributed by atoms with Gasteiger partial charge in [0, 0.05) is 16.6 Å². The SMILES string of the molecule is CCCN(CC(=O)Nc1ccccc1OC)Cc1c(O)ccc2cc(Br)ccc12. The van der Waals surface area contributed by atoms with Crippen LogP contribution in [0.15, 0.2) is 59.1 Å². The topological polar surface area (TPSA) is 61.8 Å². The van der Waals surface area contributed by atoms with E-state index in [0.29, 0.717) is 18.0 Å². The Kier molecular flexibility index (Phi) is 7.12. The van der Waals surface area contributed by atoms with E-state index in [9.17, 15) is 9.90 Å². The van der Waals surface area contributed by atoms with Crippen LogP contribution in [0.4, 0.5) is 5.69 Å². The van der Waals surface area contributed by atoms with Crippen molar-refractivity contribution in [3.8, 4) is 11.5 Å². The second-order valence-corrected chi connectivity index (χ2v) is 7.80. The molecule has 0 saturated carbocycles. The molecule has 0 saturated heterocycles. The van der Waals surface area contributed by atoms with Crippen molar-refractivity contribution in [3.63, 3.8) is 0 Å². The molecule has 0 spiro atoms. The number of nitrogens with one attached hydrogen (secondary N) is 1. The lowest BCUT2D eigenvalue weighted by atomic mass is 10.0. The van der Waals surface area contributed by atoms with Crippen molar-refractivity contribution in [2.75, 3.05) is 25.5 Å². The third kappa shape index (κ3) is 5.28. The number of carbonyl (C=O) groups excluding carboxylic acids is 1. The molecule has 0 radical (unpaired) electrons. The zero-order chi connectivity index (χ0) is 20.8. The van der Waals surface area contributed by atoms with Crippen LogP contribution in [0, 0.1) is 0 Å². The number of rotatable bonds is 8. The number of fused-ring (bicyclic) bond motifs is 1. The molecule has 0 aromatic heterocycles. The second kappa shape index (κ2) is 9.76. The van der Waals surface area contributed by atoms with Gasteiger partial charge in [-0.05, 0) is 54.1 Å². The standard InChI is InChI=1S/C23H25BrN2O3/c1-3-12-26(15-23(28)25-20-6-4-5-7-22(20)29-2)14-19-18-10-9-17(24)13-16(18)8-11-21(19)27/h4-11,13,27H,3,12,14-15H2,1-2H3,(H,25,28). The summed E-state index contributed by atoms with van der Waals surface area (Å²) in [6.45, 7) is 3.52. The second-order valence-electron chi connectivity index (χ2n) is 6.89. The number of carbonyl (C=O) groups is 1. The first kappa shape index (κ1) is 21.1. The molecule has 0 unspecified atom stereocenters. The third-order valence-corrected chi connectivity index (χ3v) is 5.23. The first-order valence-corrected chi connectivity index (χ1v) is 10.4. The molecule has 0 bridgehead atoms. The number of phenolic OH excluding ortho intramolecular Hbond substituents is 1. The summed E-state index contributed by atoms with van der Waals surface area (Å²) >= 11 is 3.49. The van der Waals surface area contributed by atoms with Gasteiger partial charge in [-0.15, -0.1) is 0 Å². The Hall–Kier alpha value is -2.57. The fourth-order valence-corrected chi connectivity index (χ4v) is 3.79. The predicted molar refractivity (Wildman–Crippen MR) is 121 cm³/mol. The van der Waals surface area contributed by atoms with Crippen molar-refractivity contribution < 1.29 is 14.6 Å². The van der Waals surface area contributed by atoms with E-state index in [1.54, 1.807) is 13.2 Å². The Balaban J connectivity index is 1.79. The van der Waals surface area contributed by atoms with E-state index in [0.717, 1.165) is 33.8 Å². The van der Waals surface area contributed by atoms with Crippen molar-refractivity contribution in [1.29, 1.82) is 0 Å². The molecule has 3 aromatic carbocycles. The van der Waals surface area contributed by atoms with Crippen molar-refractivity contribution >= 4 is 38.3 Å². The lowest BCUT2D eigenvalue weighted by Gasteiger charge is -2.23. The molecule has 0 atom stereocenters. The van der Waals surface area contributed by atoms with Crippen molar-refractivity contribution in [2.24, 2.45) is 0 Å². The minimum atomic E-state index is -0.120. The van der Waals surface area contributed by atoms with E-state index in [4.69, 9.17) is 4.74 Å². The number of para-hydroxylation sites is 2. The molecule has 0 aliphatic heterocycles. The molecule has 29 heavy (non-hydrogen) atoms. The van der Waals surface area contributed by atoms with E-state index in [-0.39, 0.29) is 18.2 Å². The smallest absolute Gasteiger partial charge is 0.238 e. The maximum Gasteiger partial charge on any atom is 0.238 e. The number of hydrogen-bond donors (Lipinski definition) is 2. The normalized spacial score (nSPS) is 11.0. The van der Waals surface area contributed by atoms with Gasteiger partial charge in [0.15, 0.2) is 0 Å². The highest BCUT2D eigenvalue weighted by Crippen LogP contribution is 2.30. The minimum Gasteiger partial charge on any atom is -0.508 e. The van der Waals surface area contributed by atoms with Gasteiger partial charge in [-0.3, -0.25) is 9.69 Å². The van der Waals surface area contributed by atoms with E-state index in [2.05, 4.69) is 28.2 Å². The molecule has 5 nitrogen and oxygen atoms in total. The minimum absolute atomic E-state index is 0.120. The molecule has 3 aromatic rings. The summed E-state index contributed by atoms with van der Waals surface area (Å²) in [6, 6.07) is 16.9. The van der Waals surface area contributed by atoms with Gasteiger partial charge in [-0.1, -0.05) is 47.1 Å². The summed E-state index contributed by atoms with van der Waals surface area (Å²) in [7, 11) is 1.58. The van der Waals surface area contributed by atoms with Crippen molar-refractivity contribution in [3.05, 3.63) is 64.6 Å². The highest BCUT2D eigenvalue weighted by molar-refractivity contribution is 9.10. The maximum absolute atomic E-state index is 12.7.